The van der Waals surface area contributed by atoms with Crippen LogP contribution in [0.25, 0.3) is 0 Å². The van der Waals surface area contributed by atoms with Crippen LogP contribution < -0.4 is 9.80 Å². The van der Waals surface area contributed by atoms with Gasteiger partial charge in [0.15, 0.2) is 0 Å². The second-order valence-corrected chi connectivity index (χ2v) is 10.4. The van der Waals surface area contributed by atoms with Crippen LogP contribution in [0.3, 0.4) is 0 Å². The van der Waals surface area contributed by atoms with Crippen LogP contribution in [0.4, 0.5) is 11.4 Å². The monoisotopic (exact) mass is 434 g/mol. The zero-order chi connectivity index (χ0) is 21.5. The second-order valence-electron chi connectivity index (χ2n) is 8.46. The third-order valence-electron chi connectivity index (χ3n) is 6.72. The summed E-state index contributed by atoms with van der Waals surface area (Å²) in [6.45, 7) is 2.46. The number of amides is 2. The molecule has 30 heavy (non-hydrogen) atoms. The average molecular weight is 435 g/mol. The number of benzene rings is 1. The first-order valence-electron chi connectivity index (χ1n) is 10.7. The number of fused-ring (bicyclic) bond motifs is 1. The van der Waals surface area contributed by atoms with E-state index in [2.05, 4.69) is 4.90 Å². The Labute approximate surface area is 178 Å². The van der Waals surface area contributed by atoms with E-state index in [4.69, 9.17) is 0 Å². The highest BCUT2D eigenvalue weighted by Crippen LogP contribution is 2.35. The third-order valence-corrected chi connectivity index (χ3v) is 8.62. The standard InChI is InChI=1S/C21H30N4O4S/c1-22-18-9-8-17(14-19(18)23(2)21(27)15-20(22)26)30(28,29)25-12-10-24(11-13-25)16-6-4-3-5-7-16/h8-9,14,16H,3-7,10-13,15H2,1-2H3. The molecule has 1 saturated heterocycles. The minimum Gasteiger partial charge on any atom is -0.313 e. The minimum atomic E-state index is -3.67. The molecule has 2 amide bonds. The Bertz CT molecular complexity index is 934. The number of carbonyl (C=O) groups is 2. The number of hydrogen-bond donors (Lipinski definition) is 0. The average Bonchev–Trinajstić information content (AvgIpc) is 2.85. The van der Waals surface area contributed by atoms with Crippen molar-refractivity contribution in [1.82, 2.24) is 9.21 Å². The van der Waals surface area contributed by atoms with Gasteiger partial charge in [-0.3, -0.25) is 14.5 Å². The van der Waals surface area contributed by atoms with Gasteiger partial charge in [0, 0.05) is 46.3 Å². The highest BCUT2D eigenvalue weighted by atomic mass is 32.2. The fraction of sp³-hybridized carbons (Fsp3) is 0.619. The molecule has 4 rings (SSSR count). The molecule has 9 heteroatoms. The zero-order valence-corrected chi connectivity index (χ0v) is 18.5. The van der Waals surface area contributed by atoms with Gasteiger partial charge in [0.05, 0.1) is 16.3 Å². The Morgan fingerprint density at radius 2 is 1.43 bits per heavy atom. The summed E-state index contributed by atoms with van der Waals surface area (Å²) in [5, 5.41) is 0. The summed E-state index contributed by atoms with van der Waals surface area (Å²) in [6, 6.07) is 5.26. The SMILES string of the molecule is CN1C(=O)CC(=O)N(C)c2cc(S(=O)(=O)N3CCN(C4CCCCC4)CC3)ccc21. The van der Waals surface area contributed by atoms with E-state index in [1.54, 1.807) is 24.5 Å². The smallest absolute Gasteiger partial charge is 0.243 e. The van der Waals surface area contributed by atoms with E-state index < -0.39 is 10.0 Å². The van der Waals surface area contributed by atoms with Gasteiger partial charge in [-0.15, -0.1) is 0 Å². The van der Waals surface area contributed by atoms with E-state index in [1.807, 2.05) is 0 Å². The van der Waals surface area contributed by atoms with Crippen LogP contribution >= 0.6 is 0 Å². The summed E-state index contributed by atoms with van der Waals surface area (Å²) in [6.07, 6.45) is 6.03. The van der Waals surface area contributed by atoms with Gasteiger partial charge < -0.3 is 9.80 Å². The predicted octanol–water partition coefficient (Wildman–Crippen LogP) is 1.65. The lowest BCUT2D eigenvalue weighted by atomic mass is 9.94. The molecule has 0 unspecified atom stereocenters. The maximum absolute atomic E-state index is 13.3. The van der Waals surface area contributed by atoms with Crippen LogP contribution in [-0.2, 0) is 19.6 Å². The fourth-order valence-electron chi connectivity index (χ4n) is 4.76. The van der Waals surface area contributed by atoms with E-state index in [9.17, 15) is 18.0 Å². The van der Waals surface area contributed by atoms with Crippen LogP contribution in [0, 0.1) is 0 Å². The van der Waals surface area contributed by atoms with E-state index in [0.717, 1.165) is 13.1 Å². The van der Waals surface area contributed by atoms with E-state index in [-0.39, 0.29) is 23.1 Å². The van der Waals surface area contributed by atoms with E-state index >= 15 is 0 Å². The molecule has 0 bridgehead atoms. The first-order valence-corrected chi connectivity index (χ1v) is 12.1. The largest absolute Gasteiger partial charge is 0.313 e. The Kier molecular flexibility index (Phi) is 5.87. The molecule has 0 aromatic heterocycles. The topological polar surface area (TPSA) is 81.2 Å². The Balaban J connectivity index is 1.54. The first-order chi connectivity index (χ1) is 14.3. The van der Waals surface area contributed by atoms with Crippen molar-refractivity contribution < 1.29 is 18.0 Å². The maximum Gasteiger partial charge on any atom is 0.243 e. The molecule has 0 atom stereocenters. The van der Waals surface area contributed by atoms with Crippen LogP contribution in [-0.4, -0.2) is 75.8 Å². The maximum atomic E-state index is 13.3. The van der Waals surface area contributed by atoms with Crippen LogP contribution in [0.15, 0.2) is 23.1 Å². The van der Waals surface area contributed by atoms with Crippen molar-refractivity contribution in [3.05, 3.63) is 18.2 Å². The number of sulfonamides is 1. The Morgan fingerprint density at radius 1 is 0.833 bits per heavy atom. The van der Waals surface area contributed by atoms with Crippen molar-refractivity contribution in [3.63, 3.8) is 0 Å². The summed E-state index contributed by atoms with van der Waals surface area (Å²) in [5.74, 6) is -0.652. The summed E-state index contributed by atoms with van der Waals surface area (Å²) in [7, 11) is -0.488. The molecule has 0 spiro atoms. The van der Waals surface area contributed by atoms with Crippen LogP contribution in [0.5, 0.6) is 0 Å². The van der Waals surface area contributed by atoms with Crippen molar-refractivity contribution in [1.29, 1.82) is 0 Å². The van der Waals surface area contributed by atoms with Crippen molar-refractivity contribution >= 4 is 33.2 Å². The molecular weight excluding hydrogens is 404 g/mol. The molecule has 2 aliphatic heterocycles. The summed E-state index contributed by atoms with van der Waals surface area (Å²) < 4.78 is 28.1. The molecule has 164 valence electrons. The van der Waals surface area contributed by atoms with Gasteiger partial charge in [-0.25, -0.2) is 8.42 Å². The van der Waals surface area contributed by atoms with E-state index in [0.29, 0.717) is 30.5 Å². The summed E-state index contributed by atoms with van der Waals surface area (Å²) >= 11 is 0. The predicted molar refractivity (Wildman–Crippen MR) is 115 cm³/mol. The lowest BCUT2D eigenvalue weighted by Crippen LogP contribution is -2.52. The molecule has 0 N–H and O–H groups in total. The summed E-state index contributed by atoms with van der Waals surface area (Å²) in [4.78, 5) is 29.9. The van der Waals surface area contributed by atoms with Gasteiger partial charge in [-0.05, 0) is 31.0 Å². The molecule has 1 aromatic carbocycles. The molecule has 8 nitrogen and oxygen atoms in total. The second kappa shape index (κ2) is 8.28. The van der Waals surface area contributed by atoms with Crippen molar-refractivity contribution in [2.24, 2.45) is 0 Å². The Morgan fingerprint density at radius 3 is 2.07 bits per heavy atom. The van der Waals surface area contributed by atoms with Crippen LogP contribution in [0.2, 0.25) is 0 Å². The number of rotatable bonds is 3. The number of carbonyl (C=O) groups excluding carboxylic acids is 2. The fourth-order valence-corrected chi connectivity index (χ4v) is 6.20. The number of piperazine rings is 1. The quantitative estimate of drug-likeness (QED) is 0.676. The third kappa shape index (κ3) is 3.86. The van der Waals surface area contributed by atoms with Crippen molar-refractivity contribution in [2.75, 3.05) is 50.1 Å². The molecular formula is C21H30N4O4S. The Hall–Kier alpha value is -1.97. The van der Waals surface area contributed by atoms with Crippen molar-refractivity contribution in [3.8, 4) is 0 Å². The van der Waals surface area contributed by atoms with Crippen LogP contribution in [0.1, 0.15) is 38.5 Å². The van der Waals surface area contributed by atoms with Gasteiger partial charge in [0.2, 0.25) is 21.8 Å². The van der Waals surface area contributed by atoms with Gasteiger partial charge in [0.25, 0.3) is 0 Å². The van der Waals surface area contributed by atoms with Gasteiger partial charge >= 0.3 is 0 Å². The minimum absolute atomic E-state index is 0.162. The molecule has 2 heterocycles. The first kappa shape index (κ1) is 21.3. The number of anilines is 2. The molecule has 1 aliphatic carbocycles. The number of hydrogen-bond acceptors (Lipinski definition) is 5. The normalized spacial score (nSPS) is 22.9. The zero-order valence-electron chi connectivity index (χ0n) is 17.7. The van der Waals surface area contributed by atoms with E-state index in [1.165, 1.54) is 54.0 Å². The lowest BCUT2D eigenvalue weighted by molar-refractivity contribution is -0.125. The molecule has 3 aliphatic rings. The molecule has 0 radical (unpaired) electrons. The molecule has 2 fully saturated rings. The van der Waals surface area contributed by atoms with Gasteiger partial charge in [0.1, 0.15) is 6.42 Å². The lowest BCUT2D eigenvalue weighted by Gasteiger charge is -2.40. The van der Waals surface area contributed by atoms with Crippen molar-refractivity contribution in [2.45, 2.75) is 49.5 Å². The molecule has 1 saturated carbocycles. The highest BCUT2D eigenvalue weighted by molar-refractivity contribution is 7.89. The molecule has 1 aromatic rings. The van der Waals surface area contributed by atoms with Gasteiger partial charge in [-0.1, -0.05) is 19.3 Å². The number of nitrogens with zero attached hydrogens (tertiary/aromatic N) is 4. The summed E-state index contributed by atoms with van der Waals surface area (Å²) in [5.41, 5.74) is 0.977. The highest BCUT2D eigenvalue weighted by Gasteiger charge is 2.33. The van der Waals surface area contributed by atoms with Gasteiger partial charge in [-0.2, -0.15) is 4.31 Å².